The van der Waals surface area contributed by atoms with E-state index in [1.54, 1.807) is 0 Å². The van der Waals surface area contributed by atoms with Crippen molar-refractivity contribution in [2.24, 2.45) is 5.92 Å². The van der Waals surface area contributed by atoms with Gasteiger partial charge in [0.15, 0.2) is 0 Å². The summed E-state index contributed by atoms with van der Waals surface area (Å²) in [6.07, 6.45) is 6.50. The molecule has 2 rings (SSSR count). The molecule has 0 radical (unpaired) electrons. The molecular formula is C18H28BrNO. The van der Waals surface area contributed by atoms with Gasteiger partial charge >= 0.3 is 0 Å². The van der Waals surface area contributed by atoms with Gasteiger partial charge in [0.2, 0.25) is 0 Å². The average molecular weight is 354 g/mol. The Morgan fingerprint density at radius 1 is 1.29 bits per heavy atom. The zero-order valence-electron chi connectivity index (χ0n) is 13.5. The molecule has 1 saturated carbocycles. The SMILES string of the molecule is CCCNC(C)c1cc(Br)ccc1OC1CCC(C)CC1. The van der Waals surface area contributed by atoms with E-state index in [9.17, 15) is 0 Å². The predicted octanol–water partition coefficient (Wildman–Crippen LogP) is 5.47. The van der Waals surface area contributed by atoms with E-state index in [-0.39, 0.29) is 0 Å². The van der Waals surface area contributed by atoms with E-state index < -0.39 is 0 Å². The summed E-state index contributed by atoms with van der Waals surface area (Å²) in [6, 6.07) is 6.70. The van der Waals surface area contributed by atoms with E-state index in [1.165, 1.54) is 31.2 Å². The lowest BCUT2D eigenvalue weighted by atomic mass is 9.89. The minimum atomic E-state index is 0.319. The largest absolute Gasteiger partial charge is 0.490 e. The fourth-order valence-electron chi connectivity index (χ4n) is 2.96. The maximum atomic E-state index is 6.33. The molecule has 0 heterocycles. The van der Waals surface area contributed by atoms with Gasteiger partial charge in [-0.15, -0.1) is 0 Å². The summed E-state index contributed by atoms with van der Waals surface area (Å²) >= 11 is 3.58. The van der Waals surface area contributed by atoms with Crippen LogP contribution in [0.4, 0.5) is 0 Å². The second kappa shape index (κ2) is 8.19. The fourth-order valence-corrected chi connectivity index (χ4v) is 3.34. The van der Waals surface area contributed by atoms with Gasteiger partial charge in [-0.3, -0.25) is 0 Å². The van der Waals surface area contributed by atoms with Crippen LogP contribution in [0.5, 0.6) is 5.75 Å². The first-order valence-electron chi connectivity index (χ1n) is 8.29. The van der Waals surface area contributed by atoms with Crippen LogP contribution in [-0.2, 0) is 0 Å². The first-order chi connectivity index (χ1) is 10.1. The first kappa shape index (κ1) is 16.8. The van der Waals surface area contributed by atoms with Crippen LogP contribution >= 0.6 is 15.9 Å². The second-order valence-electron chi connectivity index (χ2n) is 6.36. The van der Waals surface area contributed by atoms with E-state index >= 15 is 0 Å². The van der Waals surface area contributed by atoms with E-state index in [0.717, 1.165) is 29.1 Å². The van der Waals surface area contributed by atoms with E-state index in [0.29, 0.717) is 12.1 Å². The molecule has 1 aliphatic rings. The summed E-state index contributed by atoms with van der Waals surface area (Å²) < 4.78 is 7.45. The highest BCUT2D eigenvalue weighted by atomic mass is 79.9. The average Bonchev–Trinajstić information content (AvgIpc) is 2.49. The highest BCUT2D eigenvalue weighted by Crippen LogP contribution is 2.33. The molecule has 21 heavy (non-hydrogen) atoms. The molecule has 0 aromatic heterocycles. The van der Waals surface area contributed by atoms with Crippen molar-refractivity contribution in [1.29, 1.82) is 0 Å². The molecule has 1 atom stereocenters. The smallest absolute Gasteiger partial charge is 0.124 e. The Balaban J connectivity index is 2.07. The molecule has 118 valence electrons. The second-order valence-corrected chi connectivity index (χ2v) is 7.27. The Kier molecular flexibility index (Phi) is 6.56. The molecular weight excluding hydrogens is 326 g/mol. The predicted molar refractivity (Wildman–Crippen MR) is 92.9 cm³/mol. The monoisotopic (exact) mass is 353 g/mol. The normalized spacial score (nSPS) is 23.8. The lowest BCUT2D eigenvalue weighted by Crippen LogP contribution is -2.25. The zero-order valence-corrected chi connectivity index (χ0v) is 15.1. The summed E-state index contributed by atoms with van der Waals surface area (Å²) in [6.45, 7) is 7.79. The Morgan fingerprint density at radius 2 is 2.00 bits per heavy atom. The van der Waals surface area contributed by atoms with Crippen molar-refractivity contribution in [3.63, 3.8) is 0 Å². The number of nitrogens with one attached hydrogen (secondary N) is 1. The molecule has 0 spiro atoms. The topological polar surface area (TPSA) is 21.3 Å². The van der Waals surface area contributed by atoms with Gasteiger partial charge in [-0.2, -0.15) is 0 Å². The molecule has 1 aromatic rings. The Labute approximate surface area is 137 Å². The van der Waals surface area contributed by atoms with Crippen LogP contribution in [-0.4, -0.2) is 12.6 Å². The number of hydrogen-bond donors (Lipinski definition) is 1. The van der Waals surface area contributed by atoms with Gasteiger partial charge in [-0.25, -0.2) is 0 Å². The summed E-state index contributed by atoms with van der Waals surface area (Å²) in [5.74, 6) is 1.91. The van der Waals surface area contributed by atoms with Crippen LogP contribution in [0.1, 0.15) is 64.5 Å². The number of ether oxygens (including phenoxy) is 1. The van der Waals surface area contributed by atoms with Crippen molar-refractivity contribution >= 4 is 15.9 Å². The molecule has 3 heteroatoms. The molecule has 0 bridgehead atoms. The Hall–Kier alpha value is -0.540. The van der Waals surface area contributed by atoms with Gasteiger partial charge in [-0.05, 0) is 69.7 Å². The lowest BCUT2D eigenvalue weighted by molar-refractivity contribution is 0.133. The van der Waals surface area contributed by atoms with Gasteiger partial charge in [-0.1, -0.05) is 29.8 Å². The van der Waals surface area contributed by atoms with Crippen LogP contribution in [0.25, 0.3) is 0 Å². The molecule has 1 unspecified atom stereocenters. The molecule has 0 aliphatic heterocycles. The number of halogens is 1. The van der Waals surface area contributed by atoms with E-state index in [1.807, 2.05) is 0 Å². The highest BCUT2D eigenvalue weighted by molar-refractivity contribution is 9.10. The van der Waals surface area contributed by atoms with Crippen LogP contribution in [0.15, 0.2) is 22.7 Å². The highest BCUT2D eigenvalue weighted by Gasteiger charge is 2.21. The lowest BCUT2D eigenvalue weighted by Gasteiger charge is -2.28. The van der Waals surface area contributed by atoms with E-state index in [2.05, 4.69) is 60.2 Å². The van der Waals surface area contributed by atoms with Gasteiger partial charge in [0.05, 0.1) is 6.10 Å². The van der Waals surface area contributed by atoms with Gasteiger partial charge in [0.25, 0.3) is 0 Å². The summed E-state index contributed by atoms with van der Waals surface area (Å²) in [5, 5.41) is 3.56. The summed E-state index contributed by atoms with van der Waals surface area (Å²) in [5.41, 5.74) is 1.26. The first-order valence-corrected chi connectivity index (χ1v) is 9.09. The molecule has 1 aromatic carbocycles. The van der Waals surface area contributed by atoms with Gasteiger partial charge in [0, 0.05) is 16.1 Å². The number of hydrogen-bond acceptors (Lipinski definition) is 2. The third kappa shape index (κ3) is 5.00. The van der Waals surface area contributed by atoms with Crippen LogP contribution in [0.2, 0.25) is 0 Å². The Morgan fingerprint density at radius 3 is 2.67 bits per heavy atom. The minimum Gasteiger partial charge on any atom is -0.490 e. The minimum absolute atomic E-state index is 0.319. The molecule has 2 nitrogen and oxygen atoms in total. The summed E-state index contributed by atoms with van der Waals surface area (Å²) in [7, 11) is 0. The van der Waals surface area contributed by atoms with Gasteiger partial charge in [0.1, 0.15) is 5.75 Å². The van der Waals surface area contributed by atoms with E-state index in [4.69, 9.17) is 4.74 Å². The van der Waals surface area contributed by atoms with Crippen molar-refractivity contribution in [3.8, 4) is 5.75 Å². The van der Waals surface area contributed by atoms with Crippen molar-refractivity contribution in [2.45, 2.75) is 65.0 Å². The molecule has 0 saturated heterocycles. The van der Waals surface area contributed by atoms with Crippen LogP contribution < -0.4 is 10.1 Å². The van der Waals surface area contributed by atoms with Crippen LogP contribution in [0, 0.1) is 5.92 Å². The molecule has 1 aliphatic carbocycles. The third-order valence-electron chi connectivity index (χ3n) is 4.40. The zero-order chi connectivity index (χ0) is 15.2. The quantitative estimate of drug-likeness (QED) is 0.732. The Bertz CT molecular complexity index is 441. The fraction of sp³-hybridized carbons (Fsp3) is 0.667. The molecule has 0 amide bonds. The van der Waals surface area contributed by atoms with Crippen molar-refractivity contribution < 1.29 is 4.74 Å². The maximum Gasteiger partial charge on any atom is 0.124 e. The van der Waals surface area contributed by atoms with Crippen LogP contribution in [0.3, 0.4) is 0 Å². The third-order valence-corrected chi connectivity index (χ3v) is 4.89. The summed E-state index contributed by atoms with van der Waals surface area (Å²) in [4.78, 5) is 0. The maximum absolute atomic E-state index is 6.33. The number of benzene rings is 1. The van der Waals surface area contributed by atoms with Crippen molar-refractivity contribution in [3.05, 3.63) is 28.2 Å². The molecule has 1 fully saturated rings. The van der Waals surface area contributed by atoms with Crippen molar-refractivity contribution in [2.75, 3.05) is 6.54 Å². The molecule has 1 N–H and O–H groups in total. The van der Waals surface area contributed by atoms with Crippen molar-refractivity contribution in [1.82, 2.24) is 5.32 Å². The number of rotatable bonds is 6. The van der Waals surface area contributed by atoms with Gasteiger partial charge < -0.3 is 10.1 Å². The standard InChI is InChI=1S/C18H28BrNO/c1-4-11-20-14(3)17-12-15(19)7-10-18(17)21-16-8-5-13(2)6-9-16/h7,10,12-14,16,20H,4-6,8-9,11H2,1-3H3.